The van der Waals surface area contributed by atoms with Crippen molar-refractivity contribution < 1.29 is 4.79 Å². The molecule has 2 N–H and O–H groups in total. The van der Waals surface area contributed by atoms with Crippen molar-refractivity contribution in [1.29, 1.82) is 0 Å². The van der Waals surface area contributed by atoms with Crippen LogP contribution in [0.25, 0.3) is 0 Å². The van der Waals surface area contributed by atoms with Crippen LogP contribution >= 0.6 is 0 Å². The maximum Gasteiger partial charge on any atom is 0.265 e. The number of carbonyl (C=O) groups excluding carboxylic acids is 1. The summed E-state index contributed by atoms with van der Waals surface area (Å²) in [5, 5.41) is 4.77. The molecule has 0 unspecified atom stereocenters. The summed E-state index contributed by atoms with van der Waals surface area (Å²) in [6, 6.07) is 2.24. The fraction of sp³-hybridized carbons (Fsp3) is 0.375. The lowest BCUT2D eigenvalue weighted by Gasteiger charge is -2.03. The van der Waals surface area contributed by atoms with Crippen LogP contribution in [0.4, 0.5) is 0 Å². The highest BCUT2D eigenvalue weighted by molar-refractivity contribution is 5.75. The highest BCUT2D eigenvalue weighted by atomic mass is 16.2. The second kappa shape index (κ2) is 4.40. The lowest BCUT2D eigenvalue weighted by Crippen LogP contribution is -2.35. The highest BCUT2D eigenvalue weighted by Crippen LogP contribution is 1.73. The van der Waals surface area contributed by atoms with Crippen LogP contribution in [-0.4, -0.2) is 22.2 Å². The minimum atomic E-state index is -0.408. The molecule has 0 aliphatic rings. The summed E-state index contributed by atoms with van der Waals surface area (Å²) in [7, 11) is 0. The Morgan fingerprint density at radius 1 is 1.50 bits per heavy atom. The van der Waals surface area contributed by atoms with E-state index in [1.54, 1.807) is 6.92 Å². The fourth-order valence-electron chi connectivity index (χ4n) is 0.976. The molecular formula is C8H11N3O3. The van der Waals surface area contributed by atoms with Gasteiger partial charge in [0.2, 0.25) is 5.91 Å². The second-order valence-electron chi connectivity index (χ2n) is 2.69. The molecule has 0 aromatic carbocycles. The number of amides is 1. The zero-order valence-corrected chi connectivity index (χ0v) is 7.74. The van der Waals surface area contributed by atoms with Crippen molar-refractivity contribution in [2.45, 2.75) is 13.5 Å². The summed E-state index contributed by atoms with van der Waals surface area (Å²) in [6.07, 6.45) is 0. The Labute approximate surface area is 79.5 Å². The number of rotatable bonds is 3. The minimum Gasteiger partial charge on any atom is -0.355 e. The van der Waals surface area contributed by atoms with Gasteiger partial charge < -0.3 is 5.32 Å². The molecule has 0 fully saturated rings. The van der Waals surface area contributed by atoms with Gasteiger partial charge in [0.25, 0.3) is 11.1 Å². The van der Waals surface area contributed by atoms with Crippen LogP contribution in [0.2, 0.25) is 0 Å². The molecule has 0 bridgehead atoms. The third-order valence-corrected chi connectivity index (χ3v) is 1.56. The predicted octanol–water partition coefficient (Wildman–Crippen LogP) is -1.33. The van der Waals surface area contributed by atoms with Crippen molar-refractivity contribution in [2.24, 2.45) is 0 Å². The molecule has 76 valence electrons. The van der Waals surface area contributed by atoms with Crippen molar-refractivity contribution in [3.8, 4) is 0 Å². The molecule has 14 heavy (non-hydrogen) atoms. The predicted molar refractivity (Wildman–Crippen MR) is 50.0 cm³/mol. The van der Waals surface area contributed by atoms with Gasteiger partial charge in [0.05, 0.1) is 0 Å². The Kier molecular flexibility index (Phi) is 3.22. The quantitative estimate of drug-likeness (QED) is 0.629. The maximum atomic E-state index is 11.1. The summed E-state index contributed by atoms with van der Waals surface area (Å²) < 4.78 is 0.966. The number of H-pyrrole nitrogens is 1. The highest BCUT2D eigenvalue weighted by Gasteiger charge is 2.02. The Morgan fingerprint density at radius 2 is 2.21 bits per heavy atom. The molecule has 6 heteroatoms. The molecule has 1 heterocycles. The third-order valence-electron chi connectivity index (χ3n) is 1.56. The molecule has 1 rings (SSSR count). The van der Waals surface area contributed by atoms with Crippen molar-refractivity contribution in [3.05, 3.63) is 32.8 Å². The first-order valence-corrected chi connectivity index (χ1v) is 4.20. The summed E-state index contributed by atoms with van der Waals surface area (Å²) in [4.78, 5) is 33.0. The standard InChI is InChI=1S/C8H11N3O3/c1-2-9-7(13)5-11-8(14)4-3-6(12)10-11/h3-4H,2,5H2,1H3,(H,9,13)(H,10,12). The molecule has 0 saturated carbocycles. The Hall–Kier alpha value is -1.85. The Bertz CT molecular complexity index is 432. The fourth-order valence-corrected chi connectivity index (χ4v) is 0.976. The number of likely N-dealkylation sites (N-methyl/N-ethyl adjacent to an activating group) is 1. The van der Waals surface area contributed by atoms with E-state index in [2.05, 4.69) is 10.4 Å². The van der Waals surface area contributed by atoms with Gasteiger partial charge in [-0.3, -0.25) is 19.5 Å². The number of hydrogen-bond donors (Lipinski definition) is 2. The number of nitrogens with one attached hydrogen (secondary N) is 2. The van der Waals surface area contributed by atoms with E-state index >= 15 is 0 Å². The number of nitrogens with zero attached hydrogens (tertiary/aromatic N) is 1. The zero-order chi connectivity index (χ0) is 10.6. The molecule has 0 saturated heterocycles. The van der Waals surface area contributed by atoms with Crippen LogP contribution in [0.3, 0.4) is 0 Å². The van der Waals surface area contributed by atoms with Crippen LogP contribution < -0.4 is 16.4 Å². The van der Waals surface area contributed by atoms with Gasteiger partial charge in [-0.1, -0.05) is 0 Å². The Morgan fingerprint density at radius 3 is 2.86 bits per heavy atom. The Balaban J connectivity index is 2.86. The molecule has 0 atom stereocenters. The van der Waals surface area contributed by atoms with Crippen LogP contribution in [-0.2, 0) is 11.3 Å². The molecule has 0 spiro atoms. The van der Waals surface area contributed by atoms with Crippen LogP contribution in [0.15, 0.2) is 21.7 Å². The minimum absolute atomic E-state index is 0.164. The van der Waals surface area contributed by atoms with Crippen molar-refractivity contribution in [3.63, 3.8) is 0 Å². The van der Waals surface area contributed by atoms with E-state index in [9.17, 15) is 14.4 Å². The van der Waals surface area contributed by atoms with E-state index in [1.165, 1.54) is 0 Å². The number of carbonyl (C=O) groups is 1. The van der Waals surface area contributed by atoms with E-state index in [1.807, 2.05) is 0 Å². The van der Waals surface area contributed by atoms with Gasteiger partial charge in [0, 0.05) is 18.7 Å². The van der Waals surface area contributed by atoms with E-state index in [-0.39, 0.29) is 12.5 Å². The maximum absolute atomic E-state index is 11.1. The smallest absolute Gasteiger partial charge is 0.265 e. The summed E-state index contributed by atoms with van der Waals surface area (Å²) in [5.41, 5.74) is -0.815. The van der Waals surface area contributed by atoms with Gasteiger partial charge in [0.1, 0.15) is 6.54 Å². The van der Waals surface area contributed by atoms with Gasteiger partial charge >= 0.3 is 0 Å². The van der Waals surface area contributed by atoms with Crippen molar-refractivity contribution in [1.82, 2.24) is 15.1 Å². The number of hydrogen-bond acceptors (Lipinski definition) is 3. The first-order chi connectivity index (χ1) is 6.63. The van der Waals surface area contributed by atoms with Gasteiger partial charge in [-0.05, 0) is 6.92 Å². The first-order valence-electron chi connectivity index (χ1n) is 4.20. The lowest BCUT2D eigenvalue weighted by molar-refractivity contribution is -0.121. The molecular weight excluding hydrogens is 186 g/mol. The van der Waals surface area contributed by atoms with E-state index < -0.39 is 11.1 Å². The first kappa shape index (κ1) is 10.2. The molecule has 0 aliphatic heterocycles. The molecule has 6 nitrogen and oxygen atoms in total. The van der Waals surface area contributed by atoms with Gasteiger partial charge in [-0.15, -0.1) is 0 Å². The SMILES string of the molecule is CCNC(=O)Cn1[nH]c(=O)ccc1=O. The lowest BCUT2D eigenvalue weighted by atomic mass is 10.5. The van der Waals surface area contributed by atoms with E-state index in [0.717, 1.165) is 16.8 Å². The van der Waals surface area contributed by atoms with Crippen molar-refractivity contribution >= 4 is 5.91 Å². The topological polar surface area (TPSA) is 84.0 Å². The van der Waals surface area contributed by atoms with Crippen LogP contribution in [0.5, 0.6) is 0 Å². The largest absolute Gasteiger partial charge is 0.355 e. The summed E-state index contributed by atoms with van der Waals surface area (Å²) in [6.45, 7) is 2.10. The average molecular weight is 197 g/mol. The molecule has 0 aliphatic carbocycles. The summed E-state index contributed by atoms with van der Waals surface area (Å²) >= 11 is 0. The molecule has 1 aromatic heterocycles. The van der Waals surface area contributed by atoms with Gasteiger partial charge in [0.15, 0.2) is 0 Å². The van der Waals surface area contributed by atoms with E-state index in [0.29, 0.717) is 6.54 Å². The monoisotopic (exact) mass is 197 g/mol. The number of aromatic amines is 1. The van der Waals surface area contributed by atoms with E-state index in [4.69, 9.17) is 0 Å². The molecule has 1 aromatic rings. The van der Waals surface area contributed by atoms with Crippen LogP contribution in [0, 0.1) is 0 Å². The molecule has 1 amide bonds. The summed E-state index contributed by atoms with van der Waals surface area (Å²) in [5.74, 6) is -0.309. The van der Waals surface area contributed by atoms with Gasteiger partial charge in [-0.25, -0.2) is 4.68 Å². The second-order valence-corrected chi connectivity index (χ2v) is 2.69. The third kappa shape index (κ3) is 2.58. The van der Waals surface area contributed by atoms with Gasteiger partial charge in [-0.2, -0.15) is 0 Å². The van der Waals surface area contributed by atoms with Crippen molar-refractivity contribution in [2.75, 3.05) is 6.54 Å². The average Bonchev–Trinajstić information content (AvgIpc) is 2.12. The zero-order valence-electron chi connectivity index (χ0n) is 7.74. The van der Waals surface area contributed by atoms with Crippen LogP contribution in [0.1, 0.15) is 6.92 Å². The normalized spacial score (nSPS) is 9.79. The molecule has 0 radical (unpaired) electrons. The number of aromatic nitrogens is 2.